The Morgan fingerprint density at radius 1 is 1.29 bits per heavy atom. The highest BCUT2D eigenvalue weighted by Crippen LogP contribution is 2.34. The number of carboxylic acid groups (broad SMARTS) is 1. The highest BCUT2D eigenvalue weighted by molar-refractivity contribution is 6.32. The zero-order chi connectivity index (χ0) is 18.7. The summed E-state index contributed by atoms with van der Waals surface area (Å²) in [4.78, 5) is 10.7. The average Bonchev–Trinajstić information content (AvgIpc) is 2.41. The lowest BCUT2D eigenvalue weighted by Gasteiger charge is -2.12. The maximum Gasteiger partial charge on any atom is 0.451 e. The van der Waals surface area contributed by atoms with Crippen molar-refractivity contribution in [3.63, 3.8) is 0 Å². The van der Waals surface area contributed by atoms with E-state index in [9.17, 15) is 22.4 Å². The van der Waals surface area contributed by atoms with Gasteiger partial charge < -0.3 is 14.9 Å². The van der Waals surface area contributed by atoms with Crippen LogP contribution in [0.3, 0.4) is 0 Å². The van der Waals surface area contributed by atoms with Gasteiger partial charge in [0.1, 0.15) is 11.4 Å². The lowest BCUT2D eigenvalue weighted by Crippen LogP contribution is -2.16. The number of ether oxygens (including phenoxy) is 1. The summed E-state index contributed by atoms with van der Waals surface area (Å²) >= 11 is 5.74. The fourth-order valence-corrected chi connectivity index (χ4v) is 1.56. The van der Waals surface area contributed by atoms with Crippen LogP contribution < -0.4 is 4.74 Å². The van der Waals surface area contributed by atoms with E-state index in [1.165, 1.54) is 0 Å². The average molecular weight is 371 g/mol. The number of hydrogen-bond donors (Lipinski definition) is 2. The molecular formula is C13H11ClF4N2O4. The lowest BCUT2D eigenvalue weighted by molar-refractivity contribution is -0.138. The van der Waals surface area contributed by atoms with Crippen molar-refractivity contribution in [2.24, 2.45) is 10.2 Å². The van der Waals surface area contributed by atoms with Crippen molar-refractivity contribution in [3.05, 3.63) is 34.4 Å². The normalized spacial score (nSPS) is 13.3. The van der Waals surface area contributed by atoms with Gasteiger partial charge in [0, 0.05) is 6.07 Å². The Morgan fingerprint density at radius 2 is 1.88 bits per heavy atom. The third-order valence-electron chi connectivity index (χ3n) is 2.32. The molecule has 132 valence electrons. The van der Waals surface area contributed by atoms with Crippen LogP contribution in [-0.2, 0) is 4.79 Å². The molecule has 0 saturated carbocycles. The van der Waals surface area contributed by atoms with E-state index in [0.29, 0.717) is 0 Å². The van der Waals surface area contributed by atoms with Gasteiger partial charge in [-0.3, -0.25) is 0 Å². The molecule has 1 aromatic rings. The molecule has 11 heteroatoms. The number of carbonyl (C=O) groups is 1. The van der Waals surface area contributed by atoms with Gasteiger partial charge in [0.15, 0.2) is 5.82 Å². The molecule has 1 aromatic carbocycles. The number of benzene rings is 1. The van der Waals surface area contributed by atoms with Crippen LogP contribution in [0.15, 0.2) is 33.8 Å². The van der Waals surface area contributed by atoms with Crippen molar-refractivity contribution in [3.8, 4) is 5.75 Å². The van der Waals surface area contributed by atoms with E-state index in [4.69, 9.17) is 26.6 Å². The third kappa shape index (κ3) is 5.08. The van der Waals surface area contributed by atoms with E-state index in [1.54, 1.807) is 13.8 Å². The SMILES string of the molecule is CC(C)Oc1cc(N=NC(C(=O)O)=C(O)C(F)(F)F)c(F)cc1Cl. The minimum atomic E-state index is -5.35. The Labute approximate surface area is 138 Å². The topological polar surface area (TPSA) is 91.5 Å². The molecule has 0 heterocycles. The molecule has 6 nitrogen and oxygen atoms in total. The smallest absolute Gasteiger partial charge is 0.451 e. The Bertz CT molecular complexity index is 702. The Kier molecular flexibility index (Phi) is 6.13. The van der Waals surface area contributed by atoms with E-state index >= 15 is 0 Å². The number of aliphatic hydroxyl groups is 1. The monoisotopic (exact) mass is 370 g/mol. The van der Waals surface area contributed by atoms with Crippen LogP contribution in [0.1, 0.15) is 13.8 Å². The number of hydrogen-bond acceptors (Lipinski definition) is 5. The van der Waals surface area contributed by atoms with Crippen molar-refractivity contribution >= 4 is 23.3 Å². The van der Waals surface area contributed by atoms with Crippen LogP contribution in [0.4, 0.5) is 23.2 Å². The first-order valence-corrected chi connectivity index (χ1v) is 6.62. The molecule has 0 atom stereocenters. The van der Waals surface area contributed by atoms with Crippen molar-refractivity contribution in [1.82, 2.24) is 0 Å². The maximum absolute atomic E-state index is 13.7. The largest absolute Gasteiger partial charge is 0.502 e. The summed E-state index contributed by atoms with van der Waals surface area (Å²) in [5.74, 6) is -5.76. The van der Waals surface area contributed by atoms with Crippen molar-refractivity contribution in [2.75, 3.05) is 0 Å². The molecule has 2 N–H and O–H groups in total. The van der Waals surface area contributed by atoms with Gasteiger partial charge in [-0.25, -0.2) is 9.18 Å². The van der Waals surface area contributed by atoms with Gasteiger partial charge in [-0.1, -0.05) is 11.6 Å². The fourth-order valence-electron chi connectivity index (χ4n) is 1.37. The van der Waals surface area contributed by atoms with Crippen LogP contribution in [-0.4, -0.2) is 28.5 Å². The molecule has 0 aromatic heterocycles. The summed E-state index contributed by atoms with van der Waals surface area (Å²) in [5, 5.41) is 23.3. The summed E-state index contributed by atoms with van der Waals surface area (Å²) in [7, 11) is 0. The molecule has 0 amide bonds. The van der Waals surface area contributed by atoms with Crippen LogP contribution in [0.5, 0.6) is 5.75 Å². The minimum Gasteiger partial charge on any atom is -0.502 e. The van der Waals surface area contributed by atoms with Crippen LogP contribution in [0.2, 0.25) is 5.02 Å². The maximum atomic E-state index is 13.7. The van der Waals surface area contributed by atoms with Gasteiger partial charge >= 0.3 is 12.1 Å². The molecule has 0 aliphatic carbocycles. The molecule has 0 radical (unpaired) electrons. The first-order valence-electron chi connectivity index (χ1n) is 6.24. The minimum absolute atomic E-state index is 0.0251. The van der Waals surface area contributed by atoms with E-state index in [0.717, 1.165) is 12.1 Å². The van der Waals surface area contributed by atoms with Gasteiger partial charge in [0.25, 0.3) is 0 Å². The number of aliphatic carboxylic acids is 1. The number of azo groups is 1. The summed E-state index contributed by atoms with van der Waals surface area (Å²) in [5.41, 5.74) is -2.41. The third-order valence-corrected chi connectivity index (χ3v) is 2.61. The summed E-state index contributed by atoms with van der Waals surface area (Å²) in [6.45, 7) is 3.29. The van der Waals surface area contributed by atoms with Crippen molar-refractivity contribution < 1.29 is 37.3 Å². The zero-order valence-electron chi connectivity index (χ0n) is 12.2. The molecule has 0 saturated heterocycles. The molecular weight excluding hydrogens is 360 g/mol. The zero-order valence-corrected chi connectivity index (χ0v) is 13.0. The number of alkyl halides is 3. The van der Waals surface area contributed by atoms with Gasteiger partial charge in [-0.15, -0.1) is 10.2 Å². The standard InChI is InChI=1S/C13H11ClF4N2O4/c1-5(2)24-9-4-8(7(15)3-6(9)14)19-20-10(12(22)23)11(21)13(16,17)18/h3-5,21H,1-2H3,(H,22,23). The quantitative estimate of drug-likeness (QED) is 0.338. The Hall–Kier alpha value is -2.36. The van der Waals surface area contributed by atoms with Crippen molar-refractivity contribution in [2.45, 2.75) is 26.1 Å². The molecule has 0 bridgehead atoms. The van der Waals surface area contributed by atoms with E-state index in [1.807, 2.05) is 0 Å². The molecule has 1 rings (SSSR count). The molecule has 0 aliphatic heterocycles. The van der Waals surface area contributed by atoms with Crippen LogP contribution in [0, 0.1) is 5.82 Å². The van der Waals surface area contributed by atoms with Gasteiger partial charge in [0.2, 0.25) is 11.5 Å². The molecule has 24 heavy (non-hydrogen) atoms. The Morgan fingerprint density at radius 3 is 2.33 bits per heavy atom. The predicted octanol–water partition coefficient (Wildman–Crippen LogP) is 4.77. The summed E-state index contributed by atoms with van der Waals surface area (Å²) in [6, 6.07) is 1.71. The van der Waals surface area contributed by atoms with Crippen LogP contribution >= 0.6 is 11.6 Å². The summed E-state index contributed by atoms with van der Waals surface area (Å²) in [6.07, 6.45) is -5.70. The number of carboxylic acids is 1. The molecule has 0 aliphatic rings. The molecule has 0 unspecified atom stereocenters. The van der Waals surface area contributed by atoms with E-state index in [-0.39, 0.29) is 16.9 Å². The predicted molar refractivity (Wildman–Crippen MR) is 75.0 cm³/mol. The number of halogens is 5. The van der Waals surface area contributed by atoms with E-state index in [2.05, 4.69) is 10.2 Å². The van der Waals surface area contributed by atoms with Gasteiger partial charge in [-0.2, -0.15) is 13.2 Å². The molecule has 0 spiro atoms. The lowest BCUT2D eigenvalue weighted by atomic mass is 10.3. The summed E-state index contributed by atoms with van der Waals surface area (Å²) < 4.78 is 56.0. The number of allylic oxidation sites excluding steroid dienone is 1. The van der Waals surface area contributed by atoms with Crippen LogP contribution in [0.25, 0.3) is 0 Å². The second kappa shape index (κ2) is 7.47. The number of nitrogens with zero attached hydrogens (tertiary/aromatic N) is 2. The second-order valence-electron chi connectivity index (χ2n) is 4.60. The number of rotatable bonds is 5. The van der Waals surface area contributed by atoms with Gasteiger partial charge in [0.05, 0.1) is 11.1 Å². The van der Waals surface area contributed by atoms with Gasteiger partial charge in [-0.05, 0) is 19.9 Å². The highest BCUT2D eigenvalue weighted by atomic mass is 35.5. The number of aliphatic hydroxyl groups excluding tert-OH is 1. The first kappa shape index (κ1) is 19.7. The fraction of sp³-hybridized carbons (Fsp3) is 0.308. The molecule has 0 fully saturated rings. The Balaban J connectivity index is 3.32. The highest BCUT2D eigenvalue weighted by Gasteiger charge is 2.39. The second-order valence-corrected chi connectivity index (χ2v) is 5.01. The van der Waals surface area contributed by atoms with Crippen molar-refractivity contribution in [1.29, 1.82) is 0 Å². The first-order chi connectivity index (χ1) is 10.9. The van der Waals surface area contributed by atoms with E-state index < -0.39 is 35.1 Å².